The summed E-state index contributed by atoms with van der Waals surface area (Å²) in [6.07, 6.45) is 1.23. The van der Waals surface area contributed by atoms with Crippen molar-refractivity contribution in [1.82, 2.24) is 0 Å². The number of aliphatic hydroxyl groups excluding tert-OH is 1. The Morgan fingerprint density at radius 1 is 1.58 bits per heavy atom. The van der Waals surface area contributed by atoms with Crippen LogP contribution < -0.4 is 0 Å². The Morgan fingerprint density at radius 2 is 2.25 bits per heavy atom. The Hall–Kier alpha value is -0.410. The van der Waals surface area contributed by atoms with Gasteiger partial charge in [-0.3, -0.25) is 4.79 Å². The fraction of sp³-hybridized carbons (Fsp3) is 0.889. The van der Waals surface area contributed by atoms with Gasteiger partial charge in [0.15, 0.2) is 5.78 Å². The standard InChI is InChI=1S/C9H14O3/c1-8-4-3-6(10)9(2,12-8)5-7(8)11/h6,10H,3-5H2,1-2H3/t6-,8-,9-/m0/s1. The van der Waals surface area contributed by atoms with E-state index in [0.717, 1.165) is 0 Å². The average Bonchev–Trinajstić information content (AvgIpc) is 2.15. The molecule has 0 saturated carbocycles. The van der Waals surface area contributed by atoms with Crippen molar-refractivity contribution in [3.05, 3.63) is 0 Å². The first-order chi connectivity index (χ1) is 5.46. The van der Waals surface area contributed by atoms with E-state index in [9.17, 15) is 9.90 Å². The molecule has 2 fully saturated rings. The monoisotopic (exact) mass is 170 g/mol. The lowest BCUT2D eigenvalue weighted by Gasteiger charge is -2.38. The molecule has 68 valence electrons. The van der Waals surface area contributed by atoms with Crippen LogP contribution in [0.1, 0.15) is 33.1 Å². The molecule has 0 amide bonds. The third-order valence-corrected chi connectivity index (χ3v) is 3.16. The van der Waals surface area contributed by atoms with Crippen LogP contribution in [0.2, 0.25) is 0 Å². The van der Waals surface area contributed by atoms with Crippen molar-refractivity contribution in [3.63, 3.8) is 0 Å². The summed E-state index contributed by atoms with van der Waals surface area (Å²) in [5, 5.41) is 9.61. The molecule has 12 heavy (non-hydrogen) atoms. The van der Waals surface area contributed by atoms with Gasteiger partial charge in [0.1, 0.15) is 5.60 Å². The van der Waals surface area contributed by atoms with E-state index in [4.69, 9.17) is 4.74 Å². The number of ether oxygens (including phenoxy) is 1. The highest BCUT2D eigenvalue weighted by atomic mass is 16.5. The summed E-state index contributed by atoms with van der Waals surface area (Å²) in [5.41, 5.74) is -1.21. The Morgan fingerprint density at radius 3 is 2.83 bits per heavy atom. The minimum atomic E-state index is -0.607. The number of rotatable bonds is 0. The molecule has 3 nitrogen and oxygen atoms in total. The molecule has 2 heterocycles. The van der Waals surface area contributed by atoms with E-state index in [1.807, 2.05) is 13.8 Å². The Labute approximate surface area is 71.7 Å². The molecule has 2 aliphatic heterocycles. The second-order valence-electron chi connectivity index (χ2n) is 4.30. The van der Waals surface area contributed by atoms with Gasteiger partial charge in [-0.15, -0.1) is 0 Å². The van der Waals surface area contributed by atoms with E-state index in [1.54, 1.807) is 0 Å². The number of carbonyl (C=O) groups excluding carboxylic acids is 1. The average molecular weight is 170 g/mol. The molecule has 0 unspecified atom stereocenters. The maximum atomic E-state index is 11.5. The Bertz CT molecular complexity index is 238. The first-order valence-electron chi connectivity index (χ1n) is 4.38. The normalized spacial score (nSPS) is 52.9. The third kappa shape index (κ3) is 0.866. The summed E-state index contributed by atoms with van der Waals surface area (Å²) in [5.74, 6) is 0.140. The number of aliphatic hydroxyl groups is 1. The first-order valence-corrected chi connectivity index (χ1v) is 4.38. The SMILES string of the molecule is C[C@]12CC[C@H](O)[C@](C)(CC1=O)O2. The molecule has 0 aromatic carbocycles. The van der Waals surface area contributed by atoms with Crippen molar-refractivity contribution in [3.8, 4) is 0 Å². The summed E-state index contributed by atoms with van der Waals surface area (Å²) in [6.45, 7) is 3.65. The fourth-order valence-corrected chi connectivity index (χ4v) is 2.21. The van der Waals surface area contributed by atoms with Crippen molar-refractivity contribution < 1.29 is 14.6 Å². The van der Waals surface area contributed by atoms with Crippen molar-refractivity contribution in [2.75, 3.05) is 0 Å². The summed E-state index contributed by atoms with van der Waals surface area (Å²) >= 11 is 0. The van der Waals surface area contributed by atoms with E-state index in [0.29, 0.717) is 19.3 Å². The van der Waals surface area contributed by atoms with Crippen LogP contribution in [-0.2, 0) is 9.53 Å². The largest absolute Gasteiger partial charge is 0.390 e. The summed E-state index contributed by atoms with van der Waals surface area (Å²) in [4.78, 5) is 11.5. The molecule has 2 bridgehead atoms. The van der Waals surface area contributed by atoms with Crippen LogP contribution in [0.15, 0.2) is 0 Å². The van der Waals surface area contributed by atoms with Gasteiger partial charge in [0.2, 0.25) is 0 Å². The molecule has 3 atom stereocenters. The maximum Gasteiger partial charge on any atom is 0.167 e. The molecule has 2 aliphatic rings. The number of Topliss-reactive ketones (excluding diaryl/α,β-unsaturated/α-hetero) is 1. The van der Waals surface area contributed by atoms with Gasteiger partial charge in [0.25, 0.3) is 0 Å². The molecular formula is C9H14O3. The first kappa shape index (κ1) is 8.20. The zero-order valence-electron chi connectivity index (χ0n) is 7.46. The minimum Gasteiger partial charge on any atom is -0.390 e. The zero-order chi connectivity index (χ0) is 8.98. The van der Waals surface area contributed by atoms with Crippen LogP contribution in [0.5, 0.6) is 0 Å². The highest BCUT2D eigenvalue weighted by molar-refractivity contribution is 5.90. The van der Waals surface area contributed by atoms with Gasteiger partial charge >= 0.3 is 0 Å². The van der Waals surface area contributed by atoms with Crippen LogP contribution in [0.25, 0.3) is 0 Å². The molecule has 3 heteroatoms. The molecule has 0 radical (unpaired) electrons. The van der Waals surface area contributed by atoms with Gasteiger partial charge in [-0.25, -0.2) is 0 Å². The van der Waals surface area contributed by atoms with E-state index in [1.165, 1.54) is 0 Å². The van der Waals surface area contributed by atoms with Crippen LogP contribution >= 0.6 is 0 Å². The topological polar surface area (TPSA) is 46.5 Å². The number of fused-ring (bicyclic) bond motifs is 2. The van der Waals surface area contributed by atoms with Gasteiger partial charge in [0.05, 0.1) is 11.7 Å². The Balaban J connectivity index is 2.34. The molecule has 2 rings (SSSR count). The van der Waals surface area contributed by atoms with Crippen LogP contribution in [-0.4, -0.2) is 28.2 Å². The van der Waals surface area contributed by atoms with Gasteiger partial charge in [-0.05, 0) is 26.7 Å². The van der Waals surface area contributed by atoms with Crippen LogP contribution in [0.3, 0.4) is 0 Å². The van der Waals surface area contributed by atoms with E-state index in [2.05, 4.69) is 0 Å². The lowest BCUT2D eigenvalue weighted by atomic mass is 9.92. The van der Waals surface area contributed by atoms with Crippen LogP contribution in [0.4, 0.5) is 0 Å². The second kappa shape index (κ2) is 2.09. The van der Waals surface area contributed by atoms with Crippen molar-refractivity contribution >= 4 is 5.78 Å². The molecule has 0 aromatic heterocycles. The van der Waals surface area contributed by atoms with Gasteiger partial charge in [-0.1, -0.05) is 0 Å². The zero-order valence-corrected chi connectivity index (χ0v) is 7.46. The molecule has 0 aromatic rings. The number of hydrogen-bond acceptors (Lipinski definition) is 3. The highest BCUT2D eigenvalue weighted by Crippen LogP contribution is 2.45. The number of hydrogen-bond donors (Lipinski definition) is 1. The lowest BCUT2D eigenvalue weighted by Crippen LogP contribution is -2.47. The fourth-order valence-electron chi connectivity index (χ4n) is 2.21. The molecule has 0 aliphatic carbocycles. The predicted octanol–water partition coefficient (Wildman–Crippen LogP) is 0.648. The van der Waals surface area contributed by atoms with Gasteiger partial charge in [0, 0.05) is 6.42 Å². The third-order valence-electron chi connectivity index (χ3n) is 3.16. The maximum absolute atomic E-state index is 11.5. The van der Waals surface area contributed by atoms with E-state index in [-0.39, 0.29) is 5.78 Å². The molecule has 1 N–H and O–H groups in total. The number of carbonyl (C=O) groups is 1. The minimum absolute atomic E-state index is 0.140. The quantitative estimate of drug-likeness (QED) is 0.580. The van der Waals surface area contributed by atoms with E-state index < -0.39 is 17.3 Å². The Kier molecular flexibility index (Phi) is 1.43. The second-order valence-corrected chi connectivity index (χ2v) is 4.30. The van der Waals surface area contributed by atoms with Crippen molar-refractivity contribution in [2.24, 2.45) is 0 Å². The van der Waals surface area contributed by atoms with Gasteiger partial charge in [-0.2, -0.15) is 0 Å². The van der Waals surface area contributed by atoms with Gasteiger partial charge < -0.3 is 9.84 Å². The summed E-state index contributed by atoms with van der Waals surface area (Å²) in [7, 11) is 0. The smallest absolute Gasteiger partial charge is 0.167 e. The van der Waals surface area contributed by atoms with E-state index >= 15 is 0 Å². The van der Waals surface area contributed by atoms with Crippen molar-refractivity contribution in [1.29, 1.82) is 0 Å². The molecule has 2 saturated heterocycles. The number of ketones is 1. The summed E-state index contributed by atoms with van der Waals surface area (Å²) in [6, 6.07) is 0. The highest BCUT2D eigenvalue weighted by Gasteiger charge is 2.57. The van der Waals surface area contributed by atoms with Crippen LogP contribution in [0, 0.1) is 0 Å². The summed E-state index contributed by atoms with van der Waals surface area (Å²) < 4.78 is 5.60. The molecule has 0 spiro atoms. The molecular weight excluding hydrogens is 156 g/mol. The predicted molar refractivity (Wildman–Crippen MR) is 42.8 cm³/mol. The lowest BCUT2D eigenvalue weighted by molar-refractivity contribution is -0.180. The van der Waals surface area contributed by atoms with Crippen molar-refractivity contribution in [2.45, 2.75) is 50.4 Å².